The van der Waals surface area contributed by atoms with Crippen LogP contribution in [0.5, 0.6) is 0 Å². The molecule has 0 aliphatic carbocycles. The lowest BCUT2D eigenvalue weighted by Crippen LogP contribution is -2.33. The summed E-state index contributed by atoms with van der Waals surface area (Å²) in [5.41, 5.74) is 7.17. The Balaban J connectivity index is 1.84. The highest BCUT2D eigenvalue weighted by Crippen LogP contribution is 2.23. The zero-order chi connectivity index (χ0) is 13.0. The fourth-order valence-corrected chi connectivity index (χ4v) is 2.74. The van der Waals surface area contributed by atoms with Crippen molar-refractivity contribution in [3.63, 3.8) is 0 Å². The molecule has 1 aromatic carbocycles. The van der Waals surface area contributed by atoms with Crippen molar-refractivity contribution in [3.8, 4) is 0 Å². The summed E-state index contributed by atoms with van der Waals surface area (Å²) in [4.78, 5) is 2.44. The van der Waals surface area contributed by atoms with Gasteiger partial charge < -0.3 is 16.0 Å². The third kappa shape index (κ3) is 3.71. The van der Waals surface area contributed by atoms with Gasteiger partial charge in [-0.25, -0.2) is 4.39 Å². The summed E-state index contributed by atoms with van der Waals surface area (Å²) in [5, 5.41) is 3.22. The van der Waals surface area contributed by atoms with E-state index < -0.39 is 0 Å². The summed E-state index contributed by atoms with van der Waals surface area (Å²) >= 11 is 1.95. The van der Waals surface area contributed by atoms with Gasteiger partial charge in [0.25, 0.3) is 0 Å². The normalized spacial score (nSPS) is 16.8. The van der Waals surface area contributed by atoms with Gasteiger partial charge in [-0.05, 0) is 54.6 Å². The van der Waals surface area contributed by atoms with Crippen LogP contribution in [0.15, 0.2) is 12.1 Å². The number of hydrogen-bond acceptors (Lipinski definition) is 3. The molecule has 1 saturated heterocycles. The first-order valence-corrected chi connectivity index (χ1v) is 7.45. The van der Waals surface area contributed by atoms with E-state index in [1.54, 1.807) is 6.07 Å². The van der Waals surface area contributed by atoms with Crippen molar-refractivity contribution in [3.05, 3.63) is 21.5 Å². The quantitative estimate of drug-likeness (QED) is 0.639. The van der Waals surface area contributed by atoms with E-state index in [2.05, 4.69) is 10.2 Å². The van der Waals surface area contributed by atoms with Gasteiger partial charge in [0, 0.05) is 19.2 Å². The van der Waals surface area contributed by atoms with Gasteiger partial charge in [-0.2, -0.15) is 0 Å². The second kappa shape index (κ2) is 6.56. The molecule has 1 aliphatic heterocycles. The van der Waals surface area contributed by atoms with Crippen molar-refractivity contribution in [2.75, 3.05) is 37.2 Å². The van der Waals surface area contributed by atoms with Gasteiger partial charge in [-0.3, -0.25) is 0 Å². The fraction of sp³-hybridized carbons (Fsp3) is 0.538. The number of anilines is 2. The van der Waals surface area contributed by atoms with E-state index in [0.29, 0.717) is 14.9 Å². The van der Waals surface area contributed by atoms with Crippen LogP contribution < -0.4 is 11.1 Å². The summed E-state index contributed by atoms with van der Waals surface area (Å²) in [7, 11) is 0. The number of piperidine rings is 1. The summed E-state index contributed by atoms with van der Waals surface area (Å²) < 4.78 is 14.0. The molecule has 0 atom stereocenters. The third-order valence-electron chi connectivity index (χ3n) is 3.28. The standard InChI is InChI=1S/C13H19FIN3/c14-10-8-13(12(16)9-11(10)15)17-4-7-18-5-2-1-3-6-18/h8-9,17H,1-7,16H2. The number of nitrogens with one attached hydrogen (secondary N) is 1. The molecule has 0 unspecified atom stereocenters. The third-order valence-corrected chi connectivity index (χ3v) is 4.11. The molecule has 2 rings (SSSR count). The molecule has 3 N–H and O–H groups in total. The number of hydrogen-bond donors (Lipinski definition) is 2. The fourth-order valence-electron chi connectivity index (χ4n) is 2.25. The largest absolute Gasteiger partial charge is 0.397 e. The maximum atomic E-state index is 13.4. The molecule has 1 fully saturated rings. The first kappa shape index (κ1) is 13.9. The minimum atomic E-state index is -0.217. The predicted molar refractivity (Wildman–Crippen MR) is 82.3 cm³/mol. The zero-order valence-corrected chi connectivity index (χ0v) is 12.5. The molecular formula is C13H19FIN3. The van der Waals surface area contributed by atoms with Crippen LogP contribution in [0.4, 0.5) is 15.8 Å². The molecule has 0 radical (unpaired) electrons. The lowest BCUT2D eigenvalue weighted by Gasteiger charge is -2.26. The van der Waals surface area contributed by atoms with Crippen LogP contribution in [-0.2, 0) is 0 Å². The van der Waals surface area contributed by atoms with Crippen LogP contribution in [0.2, 0.25) is 0 Å². The van der Waals surface area contributed by atoms with Crippen LogP contribution in [0.25, 0.3) is 0 Å². The van der Waals surface area contributed by atoms with E-state index in [4.69, 9.17) is 5.73 Å². The van der Waals surface area contributed by atoms with Gasteiger partial charge in [-0.1, -0.05) is 6.42 Å². The molecular weight excluding hydrogens is 344 g/mol. The number of nitrogens with two attached hydrogens (primary N) is 1. The summed E-state index contributed by atoms with van der Waals surface area (Å²) in [6.45, 7) is 4.16. The number of benzene rings is 1. The Labute approximate surface area is 121 Å². The van der Waals surface area contributed by atoms with E-state index in [0.717, 1.165) is 13.1 Å². The smallest absolute Gasteiger partial charge is 0.138 e. The molecule has 1 heterocycles. The minimum Gasteiger partial charge on any atom is -0.397 e. The molecule has 18 heavy (non-hydrogen) atoms. The monoisotopic (exact) mass is 363 g/mol. The molecule has 0 aromatic heterocycles. The summed E-state index contributed by atoms with van der Waals surface area (Å²) in [6, 6.07) is 3.15. The highest BCUT2D eigenvalue weighted by molar-refractivity contribution is 14.1. The molecule has 100 valence electrons. The van der Waals surface area contributed by atoms with Crippen LogP contribution in [0.3, 0.4) is 0 Å². The first-order chi connectivity index (χ1) is 8.66. The van der Waals surface area contributed by atoms with Gasteiger partial charge in [0.05, 0.1) is 14.9 Å². The van der Waals surface area contributed by atoms with Crippen molar-refractivity contribution in [2.45, 2.75) is 19.3 Å². The summed E-state index contributed by atoms with van der Waals surface area (Å²) in [6.07, 6.45) is 3.93. The highest BCUT2D eigenvalue weighted by Gasteiger charge is 2.10. The van der Waals surface area contributed by atoms with E-state index in [1.807, 2.05) is 22.6 Å². The molecule has 0 saturated carbocycles. The molecule has 0 spiro atoms. The molecule has 3 nitrogen and oxygen atoms in total. The number of likely N-dealkylation sites (tertiary alicyclic amines) is 1. The van der Waals surface area contributed by atoms with E-state index >= 15 is 0 Å². The molecule has 0 amide bonds. The Morgan fingerprint density at radius 2 is 2.00 bits per heavy atom. The van der Waals surface area contributed by atoms with Crippen LogP contribution in [-0.4, -0.2) is 31.1 Å². The number of halogens is 2. The van der Waals surface area contributed by atoms with E-state index in [9.17, 15) is 4.39 Å². The lowest BCUT2D eigenvalue weighted by atomic mass is 10.1. The summed E-state index contributed by atoms with van der Waals surface area (Å²) in [5.74, 6) is -0.217. The van der Waals surface area contributed by atoms with Crippen molar-refractivity contribution in [2.24, 2.45) is 0 Å². The SMILES string of the molecule is Nc1cc(I)c(F)cc1NCCN1CCCCC1. The van der Waals surface area contributed by atoms with Gasteiger partial charge >= 0.3 is 0 Å². The van der Waals surface area contributed by atoms with E-state index in [1.165, 1.54) is 38.4 Å². The van der Waals surface area contributed by atoms with Crippen molar-refractivity contribution < 1.29 is 4.39 Å². The average Bonchev–Trinajstić information content (AvgIpc) is 2.37. The number of rotatable bonds is 4. The average molecular weight is 363 g/mol. The second-order valence-electron chi connectivity index (χ2n) is 4.68. The Kier molecular flexibility index (Phi) is 5.05. The highest BCUT2D eigenvalue weighted by atomic mass is 127. The van der Waals surface area contributed by atoms with Crippen molar-refractivity contribution >= 4 is 34.0 Å². The Bertz CT molecular complexity index is 405. The van der Waals surface area contributed by atoms with Gasteiger partial charge in [0.1, 0.15) is 5.82 Å². The number of nitrogen functional groups attached to an aromatic ring is 1. The van der Waals surface area contributed by atoms with Crippen LogP contribution in [0, 0.1) is 9.39 Å². The van der Waals surface area contributed by atoms with Crippen LogP contribution >= 0.6 is 22.6 Å². The second-order valence-corrected chi connectivity index (χ2v) is 5.84. The maximum Gasteiger partial charge on any atom is 0.138 e. The van der Waals surface area contributed by atoms with Crippen LogP contribution in [0.1, 0.15) is 19.3 Å². The Morgan fingerprint density at radius 1 is 1.28 bits per heavy atom. The van der Waals surface area contributed by atoms with Gasteiger partial charge in [0.15, 0.2) is 0 Å². The molecule has 1 aliphatic rings. The first-order valence-electron chi connectivity index (χ1n) is 6.37. The van der Waals surface area contributed by atoms with Gasteiger partial charge in [0.2, 0.25) is 0 Å². The van der Waals surface area contributed by atoms with Crippen molar-refractivity contribution in [1.29, 1.82) is 0 Å². The minimum absolute atomic E-state index is 0.217. The van der Waals surface area contributed by atoms with Gasteiger partial charge in [-0.15, -0.1) is 0 Å². The van der Waals surface area contributed by atoms with E-state index in [-0.39, 0.29) is 5.82 Å². The molecule has 0 bridgehead atoms. The maximum absolute atomic E-state index is 13.4. The Morgan fingerprint density at radius 3 is 2.72 bits per heavy atom. The predicted octanol–water partition coefficient (Wildman–Crippen LogP) is 2.91. The number of nitrogens with zero attached hydrogens (tertiary/aromatic N) is 1. The lowest BCUT2D eigenvalue weighted by molar-refractivity contribution is 0.237. The zero-order valence-electron chi connectivity index (χ0n) is 10.4. The topological polar surface area (TPSA) is 41.3 Å². The Hall–Kier alpha value is -0.560. The molecule has 1 aromatic rings. The van der Waals surface area contributed by atoms with Crippen molar-refractivity contribution in [1.82, 2.24) is 4.90 Å². The molecule has 5 heteroatoms.